The van der Waals surface area contributed by atoms with Gasteiger partial charge in [-0.2, -0.15) is 9.57 Å². The van der Waals surface area contributed by atoms with Gasteiger partial charge in [-0.05, 0) is 48.5 Å². The van der Waals surface area contributed by atoms with Gasteiger partial charge in [0.05, 0.1) is 22.1 Å². The van der Waals surface area contributed by atoms with Crippen LogP contribution in [0.25, 0.3) is 11.3 Å². The number of carbonyl (C=O) groups excluding carboxylic acids is 1. The Morgan fingerprint density at radius 3 is 2.36 bits per heavy atom. The maximum atomic E-state index is 13.9. The molecule has 0 unspecified atom stereocenters. The quantitative estimate of drug-likeness (QED) is 0.554. The highest BCUT2D eigenvalue weighted by Gasteiger charge is 2.30. The first-order valence-electron chi connectivity index (χ1n) is 10.5. The van der Waals surface area contributed by atoms with E-state index in [1.165, 1.54) is 34.6 Å². The van der Waals surface area contributed by atoms with E-state index in [1.807, 2.05) is 6.07 Å². The molecular formula is C24H22FN3O4S. The summed E-state index contributed by atoms with van der Waals surface area (Å²) in [5, 5.41) is 8.87. The fraction of sp³-hybridized carbons (Fsp3) is 0.250. The first-order valence-corrected chi connectivity index (χ1v) is 11.9. The Hall–Kier alpha value is -3.48. The van der Waals surface area contributed by atoms with E-state index in [9.17, 15) is 17.6 Å². The molecule has 170 valence electrons. The Morgan fingerprint density at radius 1 is 1.00 bits per heavy atom. The van der Waals surface area contributed by atoms with Crippen molar-refractivity contribution >= 4 is 15.9 Å². The Bertz CT molecular complexity index is 1290. The van der Waals surface area contributed by atoms with Crippen LogP contribution in [0.3, 0.4) is 0 Å². The minimum Gasteiger partial charge on any atom is -0.461 e. The summed E-state index contributed by atoms with van der Waals surface area (Å²) >= 11 is 0. The Labute approximate surface area is 191 Å². The van der Waals surface area contributed by atoms with Crippen molar-refractivity contribution in [2.45, 2.75) is 17.7 Å². The van der Waals surface area contributed by atoms with Crippen molar-refractivity contribution in [2.75, 3.05) is 26.2 Å². The molecule has 0 aliphatic carbocycles. The minimum atomic E-state index is -3.68. The molecule has 7 nitrogen and oxygen atoms in total. The van der Waals surface area contributed by atoms with E-state index < -0.39 is 10.0 Å². The van der Waals surface area contributed by atoms with Crippen LogP contribution in [0.2, 0.25) is 0 Å². The van der Waals surface area contributed by atoms with E-state index in [1.54, 1.807) is 35.2 Å². The molecule has 1 fully saturated rings. The summed E-state index contributed by atoms with van der Waals surface area (Å²) in [6.45, 7) is 0.998. The summed E-state index contributed by atoms with van der Waals surface area (Å²) in [6.07, 6.45) is 0.587. The van der Waals surface area contributed by atoms with Crippen molar-refractivity contribution in [3.63, 3.8) is 0 Å². The molecule has 2 aromatic carbocycles. The van der Waals surface area contributed by atoms with Gasteiger partial charge in [-0.25, -0.2) is 12.8 Å². The predicted molar refractivity (Wildman–Crippen MR) is 119 cm³/mol. The van der Waals surface area contributed by atoms with Crippen molar-refractivity contribution in [1.29, 1.82) is 5.26 Å². The monoisotopic (exact) mass is 467 g/mol. The molecule has 1 amide bonds. The molecule has 2 heterocycles. The number of halogens is 1. The molecule has 0 radical (unpaired) electrons. The average molecular weight is 468 g/mol. The molecular weight excluding hydrogens is 445 g/mol. The zero-order chi connectivity index (χ0) is 23.4. The van der Waals surface area contributed by atoms with Crippen molar-refractivity contribution < 1.29 is 22.0 Å². The number of amides is 1. The molecule has 0 N–H and O–H groups in total. The van der Waals surface area contributed by atoms with Gasteiger partial charge >= 0.3 is 0 Å². The fourth-order valence-corrected chi connectivity index (χ4v) is 5.16. The second-order valence-corrected chi connectivity index (χ2v) is 9.60. The topological polar surface area (TPSA) is 94.6 Å². The largest absolute Gasteiger partial charge is 0.461 e. The summed E-state index contributed by atoms with van der Waals surface area (Å²) in [6, 6.07) is 17.5. The van der Waals surface area contributed by atoms with Crippen LogP contribution < -0.4 is 0 Å². The second kappa shape index (κ2) is 9.57. The third-order valence-electron chi connectivity index (χ3n) is 5.60. The van der Waals surface area contributed by atoms with Crippen LogP contribution >= 0.6 is 0 Å². The van der Waals surface area contributed by atoms with Crippen LogP contribution in [0.1, 0.15) is 17.7 Å². The van der Waals surface area contributed by atoms with Gasteiger partial charge < -0.3 is 9.32 Å². The van der Waals surface area contributed by atoms with Crippen LogP contribution in [0.15, 0.2) is 70.0 Å². The van der Waals surface area contributed by atoms with Gasteiger partial charge in [-0.1, -0.05) is 12.1 Å². The third kappa shape index (κ3) is 4.97. The summed E-state index contributed by atoms with van der Waals surface area (Å²) in [4.78, 5) is 14.4. The lowest BCUT2D eigenvalue weighted by Gasteiger charge is -2.34. The SMILES string of the molecule is N#Cc1ccc(S(=O)(=O)N2CCN(C(=O)CCc3ccc(-c4ccccc4F)o3)CC2)cc1. The Balaban J connectivity index is 1.31. The number of aryl methyl sites for hydroxylation is 1. The molecule has 0 bridgehead atoms. The zero-order valence-corrected chi connectivity index (χ0v) is 18.6. The van der Waals surface area contributed by atoms with Gasteiger partial charge in [0.25, 0.3) is 0 Å². The number of carbonyl (C=O) groups is 1. The lowest BCUT2D eigenvalue weighted by atomic mass is 10.1. The highest BCUT2D eigenvalue weighted by Crippen LogP contribution is 2.25. The molecule has 1 aromatic heterocycles. The number of piperazine rings is 1. The lowest BCUT2D eigenvalue weighted by molar-refractivity contribution is -0.132. The zero-order valence-electron chi connectivity index (χ0n) is 17.8. The molecule has 3 aromatic rings. The van der Waals surface area contributed by atoms with Crippen molar-refractivity contribution in [3.05, 3.63) is 77.8 Å². The van der Waals surface area contributed by atoms with Crippen LogP contribution in [0.5, 0.6) is 0 Å². The summed E-state index contributed by atoms with van der Waals surface area (Å²) in [5.74, 6) is 0.540. The molecule has 9 heteroatoms. The van der Waals surface area contributed by atoms with Crippen LogP contribution in [0.4, 0.5) is 4.39 Å². The third-order valence-corrected chi connectivity index (χ3v) is 7.51. The number of hydrogen-bond acceptors (Lipinski definition) is 5. The maximum absolute atomic E-state index is 13.9. The summed E-state index contributed by atoms with van der Waals surface area (Å²) in [7, 11) is -3.68. The van der Waals surface area contributed by atoms with Crippen molar-refractivity contribution in [2.24, 2.45) is 0 Å². The van der Waals surface area contributed by atoms with Crippen LogP contribution in [-0.2, 0) is 21.2 Å². The Morgan fingerprint density at radius 2 is 1.70 bits per heavy atom. The second-order valence-electron chi connectivity index (χ2n) is 7.67. The number of furan rings is 1. The highest BCUT2D eigenvalue weighted by molar-refractivity contribution is 7.89. The minimum absolute atomic E-state index is 0.0886. The molecule has 0 spiro atoms. The number of rotatable bonds is 6. The highest BCUT2D eigenvalue weighted by atomic mass is 32.2. The van der Waals surface area contributed by atoms with Crippen molar-refractivity contribution in [3.8, 4) is 17.4 Å². The molecule has 4 rings (SSSR count). The lowest BCUT2D eigenvalue weighted by Crippen LogP contribution is -2.50. The number of sulfonamides is 1. The molecule has 1 aliphatic heterocycles. The van der Waals surface area contributed by atoms with E-state index in [2.05, 4.69) is 0 Å². The van der Waals surface area contributed by atoms with Gasteiger partial charge in [0.15, 0.2) is 0 Å². The maximum Gasteiger partial charge on any atom is 0.243 e. The van der Waals surface area contributed by atoms with E-state index in [-0.39, 0.29) is 36.1 Å². The van der Waals surface area contributed by atoms with E-state index in [0.717, 1.165) is 0 Å². The first-order chi connectivity index (χ1) is 15.9. The summed E-state index contributed by atoms with van der Waals surface area (Å²) in [5.41, 5.74) is 0.761. The molecule has 0 atom stereocenters. The van der Waals surface area contributed by atoms with E-state index >= 15 is 0 Å². The Kier molecular flexibility index (Phi) is 6.58. The van der Waals surface area contributed by atoms with Gasteiger partial charge in [0.1, 0.15) is 17.3 Å². The fourth-order valence-electron chi connectivity index (χ4n) is 3.73. The molecule has 1 saturated heterocycles. The van der Waals surface area contributed by atoms with Crippen molar-refractivity contribution in [1.82, 2.24) is 9.21 Å². The van der Waals surface area contributed by atoms with Crippen LogP contribution in [-0.4, -0.2) is 49.7 Å². The average Bonchev–Trinajstić information content (AvgIpc) is 3.31. The summed E-state index contributed by atoms with van der Waals surface area (Å²) < 4.78 is 46.6. The number of nitriles is 1. The molecule has 0 saturated carbocycles. The van der Waals surface area contributed by atoms with Gasteiger partial charge in [0, 0.05) is 39.0 Å². The predicted octanol–water partition coefficient (Wildman–Crippen LogP) is 3.42. The standard InChI is InChI=1S/C24H22FN3O4S/c25-22-4-2-1-3-21(22)23-11-7-19(32-23)8-12-24(29)27-13-15-28(16-14-27)33(30,31)20-9-5-18(17-26)6-10-20/h1-7,9-11H,8,12-16H2. The first kappa shape index (κ1) is 22.7. The normalized spacial score (nSPS) is 14.7. The van der Waals surface area contributed by atoms with Gasteiger partial charge in [-0.3, -0.25) is 4.79 Å². The molecule has 1 aliphatic rings. The van der Waals surface area contributed by atoms with Gasteiger partial charge in [0.2, 0.25) is 15.9 Å². The number of benzene rings is 2. The molecule has 33 heavy (non-hydrogen) atoms. The number of hydrogen-bond donors (Lipinski definition) is 0. The van der Waals surface area contributed by atoms with Gasteiger partial charge in [-0.15, -0.1) is 0 Å². The number of nitrogens with zero attached hydrogens (tertiary/aromatic N) is 3. The smallest absolute Gasteiger partial charge is 0.243 e. The van der Waals surface area contributed by atoms with E-state index in [4.69, 9.17) is 9.68 Å². The van der Waals surface area contributed by atoms with E-state index in [0.29, 0.717) is 42.2 Å². The van der Waals surface area contributed by atoms with Crippen LogP contribution in [0, 0.1) is 17.1 Å².